The van der Waals surface area contributed by atoms with Gasteiger partial charge in [0.15, 0.2) is 5.82 Å². The predicted octanol–water partition coefficient (Wildman–Crippen LogP) is 5.81. The number of hydrogen-bond acceptors (Lipinski definition) is 5. The fraction of sp³-hybridized carbons (Fsp3) is 0.348. The van der Waals surface area contributed by atoms with Crippen molar-refractivity contribution in [3.8, 4) is 11.3 Å². The van der Waals surface area contributed by atoms with E-state index in [2.05, 4.69) is 27.7 Å². The fourth-order valence-electron chi connectivity index (χ4n) is 2.79. The molecule has 0 saturated heterocycles. The Morgan fingerprint density at radius 2 is 1.72 bits per heavy atom. The van der Waals surface area contributed by atoms with Gasteiger partial charge in [0.2, 0.25) is 5.12 Å². The topological polar surface area (TPSA) is 46.1 Å². The van der Waals surface area contributed by atoms with Gasteiger partial charge in [0.05, 0.1) is 11.0 Å². The van der Waals surface area contributed by atoms with Crippen LogP contribution in [0.2, 0.25) is 0 Å². The Labute approximate surface area is 175 Å². The Balaban J connectivity index is 2.09. The molecule has 152 valence electrons. The van der Waals surface area contributed by atoms with Crippen molar-refractivity contribution in [3.63, 3.8) is 0 Å². The van der Waals surface area contributed by atoms with Gasteiger partial charge in [-0.1, -0.05) is 25.6 Å². The maximum absolute atomic E-state index is 13.4. The van der Waals surface area contributed by atoms with Crippen molar-refractivity contribution in [2.45, 2.75) is 33.7 Å². The van der Waals surface area contributed by atoms with Crippen molar-refractivity contribution in [1.82, 2.24) is 9.97 Å². The molecule has 3 aromatic rings. The van der Waals surface area contributed by atoms with Gasteiger partial charge < -0.3 is 4.90 Å². The van der Waals surface area contributed by atoms with Crippen molar-refractivity contribution in [2.75, 3.05) is 17.7 Å². The van der Waals surface area contributed by atoms with E-state index in [9.17, 15) is 9.18 Å². The number of fused-ring (bicyclic) bond motifs is 1. The van der Waals surface area contributed by atoms with E-state index in [-0.39, 0.29) is 17.0 Å². The van der Waals surface area contributed by atoms with Gasteiger partial charge >= 0.3 is 0 Å². The Bertz CT molecular complexity index is 1020. The van der Waals surface area contributed by atoms with Crippen molar-refractivity contribution in [1.29, 1.82) is 0 Å². The molecular weight excluding hydrogens is 385 g/mol. The average Bonchev–Trinajstić information content (AvgIpc) is 2.70. The molecule has 0 fully saturated rings. The third kappa shape index (κ3) is 4.93. The lowest BCUT2D eigenvalue weighted by Gasteiger charge is -2.25. The van der Waals surface area contributed by atoms with Crippen LogP contribution in [0.1, 0.15) is 38.1 Å². The summed E-state index contributed by atoms with van der Waals surface area (Å²) in [5.74, 6) is 1.66. The average molecular weight is 412 g/mol. The van der Waals surface area contributed by atoms with Gasteiger partial charge in [-0.25, -0.2) is 14.4 Å². The summed E-state index contributed by atoms with van der Waals surface area (Å²) in [6.45, 7) is 8.33. The minimum atomic E-state index is -0.289. The summed E-state index contributed by atoms with van der Waals surface area (Å²) < 4.78 is 13.4. The SMILES string of the molecule is CC(C)CSC(=O)c1ccc2nc(-c3ccc(F)cc3)c(N(C)C(C)C)nc2c1. The van der Waals surface area contributed by atoms with Crippen LogP contribution < -0.4 is 4.90 Å². The summed E-state index contributed by atoms with van der Waals surface area (Å²) >= 11 is 1.33. The number of halogens is 1. The molecule has 4 nitrogen and oxygen atoms in total. The largest absolute Gasteiger partial charge is 0.355 e. The second kappa shape index (κ2) is 8.91. The maximum atomic E-state index is 13.4. The van der Waals surface area contributed by atoms with Crippen LogP contribution in [0.25, 0.3) is 22.3 Å². The summed E-state index contributed by atoms with van der Waals surface area (Å²) in [4.78, 5) is 24.2. The lowest BCUT2D eigenvalue weighted by molar-refractivity contribution is 0.108. The monoisotopic (exact) mass is 411 g/mol. The van der Waals surface area contributed by atoms with Crippen LogP contribution in [-0.2, 0) is 0 Å². The molecule has 6 heteroatoms. The van der Waals surface area contributed by atoms with Gasteiger partial charge in [-0.3, -0.25) is 4.79 Å². The Hall–Kier alpha value is -2.47. The smallest absolute Gasteiger partial charge is 0.219 e. The molecular formula is C23H26FN3OS. The molecule has 29 heavy (non-hydrogen) atoms. The van der Waals surface area contributed by atoms with Crippen LogP contribution in [-0.4, -0.2) is 33.9 Å². The number of anilines is 1. The van der Waals surface area contributed by atoms with Crippen LogP contribution in [0.3, 0.4) is 0 Å². The van der Waals surface area contributed by atoms with E-state index < -0.39 is 0 Å². The van der Waals surface area contributed by atoms with Crippen LogP contribution in [0.15, 0.2) is 42.5 Å². The van der Waals surface area contributed by atoms with Gasteiger partial charge in [0.1, 0.15) is 11.5 Å². The number of thioether (sulfide) groups is 1. The van der Waals surface area contributed by atoms with E-state index in [1.54, 1.807) is 18.2 Å². The summed E-state index contributed by atoms with van der Waals surface area (Å²) in [6, 6.07) is 11.9. The van der Waals surface area contributed by atoms with Crippen LogP contribution in [0, 0.1) is 11.7 Å². The van der Waals surface area contributed by atoms with E-state index >= 15 is 0 Å². The molecule has 0 unspecified atom stereocenters. The van der Waals surface area contributed by atoms with Crippen molar-refractivity contribution < 1.29 is 9.18 Å². The number of carbonyl (C=O) groups is 1. The molecule has 0 amide bonds. The number of nitrogens with zero attached hydrogens (tertiary/aromatic N) is 3. The molecule has 0 atom stereocenters. The molecule has 0 radical (unpaired) electrons. The molecule has 0 N–H and O–H groups in total. The van der Waals surface area contributed by atoms with Crippen LogP contribution in [0.5, 0.6) is 0 Å². The van der Waals surface area contributed by atoms with Crippen LogP contribution >= 0.6 is 11.8 Å². The predicted molar refractivity (Wildman–Crippen MR) is 120 cm³/mol. The highest BCUT2D eigenvalue weighted by atomic mass is 32.2. The molecule has 3 rings (SSSR count). The first-order valence-corrected chi connectivity index (χ1v) is 10.7. The third-order valence-corrected chi connectivity index (χ3v) is 5.99. The summed E-state index contributed by atoms with van der Waals surface area (Å²) in [6.07, 6.45) is 0. The second-order valence-electron chi connectivity index (χ2n) is 7.80. The molecule has 1 aromatic heterocycles. The van der Waals surface area contributed by atoms with Gasteiger partial charge in [-0.15, -0.1) is 0 Å². The van der Waals surface area contributed by atoms with Crippen molar-refractivity contribution in [2.24, 2.45) is 5.92 Å². The summed E-state index contributed by atoms with van der Waals surface area (Å²) in [5, 5.41) is 0.0452. The molecule has 0 bridgehead atoms. The third-order valence-electron chi connectivity index (χ3n) is 4.66. The number of rotatable bonds is 6. The van der Waals surface area contributed by atoms with Gasteiger partial charge in [0, 0.05) is 30.0 Å². The number of benzene rings is 2. The molecule has 0 aliphatic carbocycles. The standard InChI is InChI=1S/C23H26FN3OS/c1-14(2)13-29-23(28)17-8-11-19-20(12-17)26-22(27(5)15(3)4)21(25-19)16-6-9-18(24)10-7-16/h6-12,14-15H,13H2,1-5H3. The van der Waals surface area contributed by atoms with Crippen LogP contribution in [0.4, 0.5) is 10.2 Å². The number of hydrogen-bond donors (Lipinski definition) is 0. The van der Waals surface area contributed by atoms with Gasteiger partial charge in [-0.05, 0) is 62.2 Å². The summed E-state index contributed by atoms with van der Waals surface area (Å²) in [5.41, 5.74) is 3.51. The first-order chi connectivity index (χ1) is 13.8. The minimum absolute atomic E-state index is 0.0452. The van der Waals surface area contributed by atoms with Gasteiger partial charge in [0.25, 0.3) is 0 Å². The highest BCUT2D eigenvalue weighted by molar-refractivity contribution is 8.14. The molecule has 0 aliphatic heterocycles. The fourth-order valence-corrected chi connectivity index (χ4v) is 3.57. The molecule has 1 heterocycles. The molecule has 2 aromatic carbocycles. The zero-order valence-corrected chi connectivity index (χ0v) is 18.3. The molecule has 0 saturated carbocycles. The zero-order valence-electron chi connectivity index (χ0n) is 17.4. The maximum Gasteiger partial charge on any atom is 0.219 e. The zero-order chi connectivity index (χ0) is 21.1. The lowest BCUT2D eigenvalue weighted by atomic mass is 10.1. The van der Waals surface area contributed by atoms with E-state index in [1.807, 2.05) is 24.1 Å². The van der Waals surface area contributed by atoms with Crippen molar-refractivity contribution in [3.05, 3.63) is 53.8 Å². The first kappa shape index (κ1) is 21.2. The lowest BCUT2D eigenvalue weighted by Crippen LogP contribution is -2.27. The van der Waals surface area contributed by atoms with Crippen molar-refractivity contribution >= 4 is 33.7 Å². The normalized spacial score (nSPS) is 11.4. The number of carbonyl (C=O) groups excluding carboxylic acids is 1. The minimum Gasteiger partial charge on any atom is -0.355 e. The Morgan fingerprint density at radius 1 is 1.03 bits per heavy atom. The van der Waals surface area contributed by atoms with E-state index in [4.69, 9.17) is 9.97 Å². The second-order valence-corrected chi connectivity index (χ2v) is 8.80. The number of aromatic nitrogens is 2. The first-order valence-electron chi connectivity index (χ1n) is 9.74. The highest BCUT2D eigenvalue weighted by Gasteiger charge is 2.18. The molecule has 0 aliphatic rings. The Kier molecular flexibility index (Phi) is 6.52. The van der Waals surface area contributed by atoms with E-state index in [0.717, 1.165) is 11.3 Å². The Morgan fingerprint density at radius 3 is 2.34 bits per heavy atom. The van der Waals surface area contributed by atoms with E-state index in [0.29, 0.717) is 34.0 Å². The summed E-state index contributed by atoms with van der Waals surface area (Å²) in [7, 11) is 1.96. The quantitative estimate of drug-likeness (QED) is 0.512. The molecule has 0 spiro atoms. The highest BCUT2D eigenvalue weighted by Crippen LogP contribution is 2.31. The van der Waals surface area contributed by atoms with E-state index in [1.165, 1.54) is 23.9 Å². The van der Waals surface area contributed by atoms with Gasteiger partial charge in [-0.2, -0.15) is 0 Å².